The van der Waals surface area contributed by atoms with Gasteiger partial charge in [0, 0.05) is 54.6 Å². The molecule has 8 heteroatoms. The smallest absolute Gasteiger partial charge is 0.322 e. The number of H-pyrrole nitrogens is 1. The lowest BCUT2D eigenvalue weighted by Crippen LogP contribution is -2.46. The summed E-state index contributed by atoms with van der Waals surface area (Å²) in [6, 6.07) is 23.0. The topological polar surface area (TPSA) is 77.7 Å². The van der Waals surface area contributed by atoms with Gasteiger partial charge in [-0.25, -0.2) is 4.79 Å². The zero-order valence-electron chi connectivity index (χ0n) is 21.7. The molecule has 0 aliphatic heterocycles. The molecule has 4 rings (SSSR count). The molecule has 0 atom stereocenters. The lowest BCUT2D eigenvalue weighted by molar-refractivity contribution is -0.132. The van der Waals surface area contributed by atoms with Crippen molar-refractivity contribution in [3.8, 4) is 0 Å². The largest absolute Gasteiger partial charge is 0.383 e. The third kappa shape index (κ3) is 7.15. The Morgan fingerprint density at radius 2 is 1.74 bits per heavy atom. The number of fused-ring (bicyclic) bond motifs is 1. The highest BCUT2D eigenvalue weighted by atomic mass is 35.5. The van der Waals surface area contributed by atoms with Gasteiger partial charge in [0.15, 0.2) is 0 Å². The van der Waals surface area contributed by atoms with E-state index in [1.54, 1.807) is 19.2 Å². The first kappa shape index (κ1) is 27.2. The first-order valence-corrected chi connectivity index (χ1v) is 13.0. The second-order valence-corrected chi connectivity index (χ2v) is 9.63. The molecule has 2 N–H and O–H groups in total. The summed E-state index contributed by atoms with van der Waals surface area (Å²) >= 11 is 6.23. The van der Waals surface area contributed by atoms with E-state index < -0.39 is 0 Å². The molecule has 3 aromatic carbocycles. The van der Waals surface area contributed by atoms with Crippen molar-refractivity contribution in [3.05, 3.63) is 101 Å². The predicted octanol–water partition coefficient (Wildman–Crippen LogP) is 5.88. The first-order chi connectivity index (χ1) is 18.4. The number of hydrogen-bond donors (Lipinski definition) is 2. The molecular weight excluding hydrogens is 500 g/mol. The van der Waals surface area contributed by atoms with Crippen LogP contribution in [0.15, 0.2) is 79.0 Å². The SMILES string of the molecule is COCCN(CC(=O)N(CCc1c[nH]c2ccccc12)Cc1ccccc1)C(=O)Nc1ccc(C)c(Cl)c1. The second kappa shape index (κ2) is 13.1. The van der Waals surface area contributed by atoms with Crippen molar-refractivity contribution in [1.82, 2.24) is 14.8 Å². The van der Waals surface area contributed by atoms with E-state index in [9.17, 15) is 9.59 Å². The quantitative estimate of drug-likeness (QED) is 0.253. The molecule has 38 heavy (non-hydrogen) atoms. The summed E-state index contributed by atoms with van der Waals surface area (Å²) in [5.74, 6) is -0.137. The number of halogens is 1. The van der Waals surface area contributed by atoms with Crippen LogP contribution in [0.25, 0.3) is 10.9 Å². The fourth-order valence-electron chi connectivity index (χ4n) is 4.28. The lowest BCUT2D eigenvalue weighted by Gasteiger charge is -2.28. The van der Waals surface area contributed by atoms with E-state index in [2.05, 4.69) is 16.4 Å². The average Bonchev–Trinajstić information content (AvgIpc) is 3.34. The molecule has 0 spiro atoms. The standard InChI is InChI=1S/C30H33ClN4O3/c1-22-12-13-25(18-27(22)31)33-30(37)35(16-17-38-2)21-29(36)34(20-23-8-4-3-5-9-23)15-14-24-19-32-28-11-7-6-10-26(24)28/h3-13,18-19,32H,14-17,20-21H2,1-2H3,(H,33,37). The number of methoxy groups -OCH3 is 1. The number of anilines is 1. The minimum Gasteiger partial charge on any atom is -0.383 e. The molecule has 3 amide bonds. The van der Waals surface area contributed by atoms with Gasteiger partial charge in [0.25, 0.3) is 0 Å². The van der Waals surface area contributed by atoms with Crippen LogP contribution in [0.5, 0.6) is 0 Å². The third-order valence-corrected chi connectivity index (χ3v) is 6.90. The normalized spacial score (nSPS) is 10.9. The Morgan fingerprint density at radius 3 is 2.50 bits per heavy atom. The van der Waals surface area contributed by atoms with Crippen molar-refractivity contribution in [2.24, 2.45) is 0 Å². The Balaban J connectivity index is 1.49. The summed E-state index contributed by atoms with van der Waals surface area (Å²) in [6.45, 7) is 3.38. The number of para-hydroxylation sites is 1. The summed E-state index contributed by atoms with van der Waals surface area (Å²) < 4.78 is 5.21. The van der Waals surface area contributed by atoms with Crippen molar-refractivity contribution < 1.29 is 14.3 Å². The van der Waals surface area contributed by atoms with Crippen LogP contribution in [-0.4, -0.2) is 60.1 Å². The summed E-state index contributed by atoms with van der Waals surface area (Å²) in [7, 11) is 1.57. The molecule has 1 aromatic heterocycles. The van der Waals surface area contributed by atoms with Crippen LogP contribution in [0.3, 0.4) is 0 Å². The third-order valence-electron chi connectivity index (χ3n) is 6.50. The molecule has 0 unspecified atom stereocenters. The molecule has 198 valence electrons. The van der Waals surface area contributed by atoms with Gasteiger partial charge in [-0.3, -0.25) is 4.79 Å². The van der Waals surface area contributed by atoms with E-state index in [1.807, 2.05) is 72.6 Å². The highest BCUT2D eigenvalue weighted by Gasteiger charge is 2.22. The van der Waals surface area contributed by atoms with E-state index >= 15 is 0 Å². The first-order valence-electron chi connectivity index (χ1n) is 12.6. The van der Waals surface area contributed by atoms with Gasteiger partial charge in [0.05, 0.1) is 6.61 Å². The minimum absolute atomic E-state index is 0.0739. The summed E-state index contributed by atoms with van der Waals surface area (Å²) in [4.78, 5) is 33.4. The van der Waals surface area contributed by atoms with Crippen LogP contribution in [0.4, 0.5) is 10.5 Å². The fraction of sp³-hybridized carbons (Fsp3) is 0.267. The molecule has 0 aliphatic carbocycles. The highest BCUT2D eigenvalue weighted by Crippen LogP contribution is 2.21. The van der Waals surface area contributed by atoms with Gasteiger partial charge in [-0.1, -0.05) is 66.2 Å². The van der Waals surface area contributed by atoms with E-state index in [0.717, 1.165) is 27.6 Å². The number of rotatable bonds is 11. The number of benzene rings is 3. The summed E-state index contributed by atoms with van der Waals surface area (Å²) in [6.07, 6.45) is 2.69. The molecule has 0 radical (unpaired) electrons. The molecule has 1 heterocycles. The Labute approximate surface area is 228 Å². The maximum atomic E-state index is 13.6. The molecule has 0 saturated carbocycles. The number of carbonyl (C=O) groups is 2. The maximum absolute atomic E-state index is 13.6. The summed E-state index contributed by atoms with van der Waals surface area (Å²) in [5, 5.41) is 4.57. The molecule has 4 aromatic rings. The number of amides is 3. The molecule has 0 aliphatic rings. The van der Waals surface area contributed by atoms with Crippen molar-refractivity contribution in [2.45, 2.75) is 19.9 Å². The van der Waals surface area contributed by atoms with Gasteiger partial charge in [0.2, 0.25) is 5.91 Å². The number of carbonyl (C=O) groups excluding carboxylic acids is 2. The van der Waals surface area contributed by atoms with Crippen molar-refractivity contribution in [2.75, 3.05) is 38.7 Å². The minimum atomic E-state index is -0.383. The Bertz CT molecular complexity index is 1370. The van der Waals surface area contributed by atoms with Crippen molar-refractivity contribution in [3.63, 3.8) is 0 Å². The van der Waals surface area contributed by atoms with E-state index in [0.29, 0.717) is 36.8 Å². The van der Waals surface area contributed by atoms with E-state index in [1.165, 1.54) is 4.90 Å². The maximum Gasteiger partial charge on any atom is 0.322 e. The number of aromatic nitrogens is 1. The van der Waals surface area contributed by atoms with E-state index in [-0.39, 0.29) is 25.0 Å². The van der Waals surface area contributed by atoms with Crippen LogP contribution in [0.1, 0.15) is 16.7 Å². The number of nitrogens with zero attached hydrogens (tertiary/aromatic N) is 2. The predicted molar refractivity (Wildman–Crippen MR) is 153 cm³/mol. The zero-order chi connectivity index (χ0) is 26.9. The van der Waals surface area contributed by atoms with Gasteiger partial charge in [-0.2, -0.15) is 0 Å². The molecule has 0 fully saturated rings. The van der Waals surface area contributed by atoms with Crippen molar-refractivity contribution >= 4 is 40.1 Å². The number of urea groups is 1. The van der Waals surface area contributed by atoms with Crippen LogP contribution in [0.2, 0.25) is 5.02 Å². The second-order valence-electron chi connectivity index (χ2n) is 9.22. The lowest BCUT2D eigenvalue weighted by atomic mass is 10.1. The molecule has 7 nitrogen and oxygen atoms in total. The van der Waals surface area contributed by atoms with Crippen molar-refractivity contribution in [1.29, 1.82) is 0 Å². The summed E-state index contributed by atoms with van der Waals surface area (Å²) in [5.41, 5.74) is 4.74. The van der Waals surface area contributed by atoms with Gasteiger partial charge < -0.3 is 24.8 Å². The highest BCUT2D eigenvalue weighted by molar-refractivity contribution is 6.31. The Hall–Kier alpha value is -3.81. The number of hydrogen-bond acceptors (Lipinski definition) is 3. The monoisotopic (exact) mass is 532 g/mol. The van der Waals surface area contributed by atoms with Gasteiger partial charge in [0.1, 0.15) is 6.54 Å². The average molecular weight is 533 g/mol. The number of aryl methyl sites for hydroxylation is 1. The van der Waals surface area contributed by atoms with Crippen LogP contribution in [-0.2, 0) is 22.5 Å². The van der Waals surface area contributed by atoms with Gasteiger partial charge in [-0.05, 0) is 48.2 Å². The number of aromatic amines is 1. The Kier molecular flexibility index (Phi) is 9.40. The molecule has 0 saturated heterocycles. The Morgan fingerprint density at radius 1 is 0.974 bits per heavy atom. The van der Waals surface area contributed by atoms with E-state index in [4.69, 9.17) is 16.3 Å². The van der Waals surface area contributed by atoms with Gasteiger partial charge >= 0.3 is 6.03 Å². The fourth-order valence-corrected chi connectivity index (χ4v) is 4.46. The van der Waals surface area contributed by atoms with Gasteiger partial charge in [-0.15, -0.1) is 0 Å². The van der Waals surface area contributed by atoms with Crippen LogP contribution >= 0.6 is 11.6 Å². The number of ether oxygens (including phenoxy) is 1. The molecule has 0 bridgehead atoms. The van der Waals surface area contributed by atoms with Crippen LogP contribution in [0, 0.1) is 6.92 Å². The number of nitrogens with one attached hydrogen (secondary N) is 2. The zero-order valence-corrected chi connectivity index (χ0v) is 22.5. The van der Waals surface area contributed by atoms with Crippen LogP contribution < -0.4 is 5.32 Å². The molecular formula is C30H33ClN4O3.